The highest BCUT2D eigenvalue weighted by atomic mass is 79.9. The number of carbonyl (C=O) groups is 1. The van der Waals surface area contributed by atoms with E-state index in [-0.39, 0.29) is 23.3 Å². The summed E-state index contributed by atoms with van der Waals surface area (Å²) in [5.74, 6) is -0.218. The van der Waals surface area contributed by atoms with Gasteiger partial charge in [-0.25, -0.2) is 4.39 Å². The van der Waals surface area contributed by atoms with Gasteiger partial charge < -0.3 is 9.47 Å². The van der Waals surface area contributed by atoms with E-state index in [4.69, 9.17) is 21.1 Å². The van der Waals surface area contributed by atoms with Gasteiger partial charge in [0, 0.05) is 19.1 Å². The van der Waals surface area contributed by atoms with Crippen molar-refractivity contribution in [3.8, 4) is 5.75 Å². The van der Waals surface area contributed by atoms with Crippen molar-refractivity contribution in [1.82, 2.24) is 0 Å². The van der Waals surface area contributed by atoms with Crippen molar-refractivity contribution in [2.75, 3.05) is 6.61 Å². The molecule has 3 nitrogen and oxygen atoms in total. The van der Waals surface area contributed by atoms with E-state index in [0.717, 1.165) is 6.42 Å². The van der Waals surface area contributed by atoms with Crippen LogP contribution in [0.25, 0.3) is 0 Å². The van der Waals surface area contributed by atoms with Crippen LogP contribution in [0, 0.1) is 5.82 Å². The number of Topliss-reactive ketones (excluding diaryl/α,β-unsaturated/α-hetero) is 1. The number of hydrogen-bond donors (Lipinski definition) is 0. The normalized spacial score (nSPS) is 22.2. The molecule has 2 unspecified atom stereocenters. The maximum atomic E-state index is 13.4. The maximum Gasteiger partial charge on any atom is 0.169 e. The average Bonchev–Trinajstić information content (AvgIpc) is 2.35. The van der Waals surface area contributed by atoms with E-state index in [2.05, 4.69) is 15.9 Å². The number of benzene rings is 1. The third-order valence-electron chi connectivity index (χ3n) is 2.81. The molecule has 1 saturated carbocycles. The second kappa shape index (κ2) is 6.20. The van der Waals surface area contributed by atoms with E-state index in [1.54, 1.807) is 0 Å². The van der Waals surface area contributed by atoms with Crippen molar-refractivity contribution in [1.29, 1.82) is 0 Å². The minimum Gasteiger partial charge on any atom is -0.485 e. The highest BCUT2D eigenvalue weighted by Gasteiger charge is 2.42. The second-order valence-electron chi connectivity index (χ2n) is 4.31. The van der Waals surface area contributed by atoms with Gasteiger partial charge in [0.1, 0.15) is 17.7 Å². The van der Waals surface area contributed by atoms with E-state index >= 15 is 0 Å². The van der Waals surface area contributed by atoms with E-state index in [1.165, 1.54) is 12.1 Å². The first-order valence-corrected chi connectivity index (χ1v) is 7.15. The summed E-state index contributed by atoms with van der Waals surface area (Å²) < 4.78 is 24.9. The molecule has 2 rings (SSSR count). The SMILES string of the molecule is CCCOC1C(=O)CC1Oc1cc(F)c(Cl)cc1Br. The van der Waals surface area contributed by atoms with Crippen LogP contribution in [-0.2, 0) is 9.53 Å². The van der Waals surface area contributed by atoms with Crippen LogP contribution in [0.1, 0.15) is 19.8 Å². The van der Waals surface area contributed by atoms with Gasteiger partial charge in [-0.15, -0.1) is 0 Å². The molecule has 1 fully saturated rings. The standard InChI is InChI=1S/C13H13BrClFO3/c1-2-3-18-13-10(17)6-12(13)19-11-5-9(16)8(15)4-7(11)14/h4-5,12-13H,2-3,6H2,1H3. The van der Waals surface area contributed by atoms with Crippen LogP contribution in [0.5, 0.6) is 5.75 Å². The van der Waals surface area contributed by atoms with E-state index < -0.39 is 11.9 Å². The fraction of sp³-hybridized carbons (Fsp3) is 0.462. The monoisotopic (exact) mass is 350 g/mol. The Morgan fingerprint density at radius 2 is 2.26 bits per heavy atom. The summed E-state index contributed by atoms with van der Waals surface area (Å²) in [6, 6.07) is 2.63. The molecule has 0 aliphatic heterocycles. The predicted molar refractivity (Wildman–Crippen MR) is 73.2 cm³/mol. The van der Waals surface area contributed by atoms with Crippen molar-refractivity contribution in [3.05, 3.63) is 27.4 Å². The van der Waals surface area contributed by atoms with Crippen LogP contribution in [0.4, 0.5) is 4.39 Å². The van der Waals surface area contributed by atoms with Crippen LogP contribution in [0.15, 0.2) is 16.6 Å². The maximum absolute atomic E-state index is 13.4. The van der Waals surface area contributed by atoms with Crippen LogP contribution < -0.4 is 4.74 Å². The van der Waals surface area contributed by atoms with Crippen molar-refractivity contribution in [2.45, 2.75) is 32.0 Å². The quantitative estimate of drug-likeness (QED) is 0.758. The van der Waals surface area contributed by atoms with Gasteiger partial charge in [0.05, 0.1) is 9.50 Å². The van der Waals surface area contributed by atoms with Gasteiger partial charge >= 0.3 is 0 Å². The van der Waals surface area contributed by atoms with Crippen LogP contribution in [-0.4, -0.2) is 24.6 Å². The first-order valence-electron chi connectivity index (χ1n) is 5.98. The van der Waals surface area contributed by atoms with Gasteiger partial charge in [-0.2, -0.15) is 0 Å². The highest BCUT2D eigenvalue weighted by molar-refractivity contribution is 9.10. The summed E-state index contributed by atoms with van der Waals surface area (Å²) in [5, 5.41) is 0.0164. The van der Waals surface area contributed by atoms with E-state index in [0.29, 0.717) is 16.8 Å². The molecule has 0 radical (unpaired) electrons. The molecular formula is C13H13BrClFO3. The van der Waals surface area contributed by atoms with Crippen molar-refractivity contribution >= 4 is 33.3 Å². The number of hydrogen-bond acceptors (Lipinski definition) is 3. The van der Waals surface area contributed by atoms with E-state index in [9.17, 15) is 9.18 Å². The molecule has 0 aromatic heterocycles. The summed E-state index contributed by atoms with van der Waals surface area (Å²) in [6.45, 7) is 2.47. The van der Waals surface area contributed by atoms with E-state index in [1.807, 2.05) is 6.92 Å². The zero-order valence-corrected chi connectivity index (χ0v) is 12.6. The summed E-state index contributed by atoms with van der Waals surface area (Å²) in [7, 11) is 0. The first-order chi connectivity index (χ1) is 9.02. The molecule has 1 aliphatic carbocycles. The van der Waals surface area contributed by atoms with Gasteiger partial charge in [0.2, 0.25) is 0 Å². The lowest BCUT2D eigenvalue weighted by molar-refractivity contribution is -0.154. The van der Waals surface area contributed by atoms with Crippen LogP contribution in [0.3, 0.4) is 0 Å². The molecule has 1 aromatic carbocycles. The molecule has 104 valence electrons. The van der Waals surface area contributed by atoms with Gasteiger partial charge in [-0.1, -0.05) is 18.5 Å². The van der Waals surface area contributed by atoms with Gasteiger partial charge in [0.15, 0.2) is 11.9 Å². The zero-order chi connectivity index (χ0) is 14.0. The molecule has 0 bridgehead atoms. The number of carbonyl (C=O) groups excluding carboxylic acids is 1. The molecule has 6 heteroatoms. The summed E-state index contributed by atoms with van der Waals surface area (Å²) in [6.07, 6.45) is 0.197. The third-order valence-corrected chi connectivity index (χ3v) is 3.72. The lowest BCUT2D eigenvalue weighted by Crippen LogP contribution is -2.52. The molecular weight excluding hydrogens is 338 g/mol. The fourth-order valence-electron chi connectivity index (χ4n) is 1.77. The Balaban J connectivity index is 2.05. The largest absolute Gasteiger partial charge is 0.485 e. The Labute approximate surface area is 124 Å². The molecule has 2 atom stereocenters. The van der Waals surface area contributed by atoms with Crippen LogP contribution >= 0.6 is 27.5 Å². The Kier molecular flexibility index (Phi) is 4.81. The predicted octanol–water partition coefficient (Wildman–Crippen LogP) is 3.76. The molecule has 0 amide bonds. The molecule has 19 heavy (non-hydrogen) atoms. The Hall–Kier alpha value is -0.650. The van der Waals surface area contributed by atoms with Crippen molar-refractivity contribution in [3.63, 3.8) is 0 Å². The Bertz CT molecular complexity index is 495. The average molecular weight is 352 g/mol. The molecule has 1 aromatic rings. The Morgan fingerprint density at radius 3 is 2.89 bits per heavy atom. The minimum atomic E-state index is -0.559. The Morgan fingerprint density at radius 1 is 1.53 bits per heavy atom. The molecule has 0 spiro atoms. The van der Waals surface area contributed by atoms with Crippen molar-refractivity contribution in [2.24, 2.45) is 0 Å². The molecule has 0 saturated heterocycles. The topological polar surface area (TPSA) is 35.5 Å². The number of ketones is 1. The van der Waals surface area contributed by atoms with Gasteiger partial charge in [-0.05, 0) is 28.4 Å². The zero-order valence-electron chi connectivity index (χ0n) is 10.3. The molecule has 0 N–H and O–H groups in total. The number of ether oxygens (including phenoxy) is 2. The molecule has 0 heterocycles. The van der Waals surface area contributed by atoms with Crippen LogP contribution in [0.2, 0.25) is 5.02 Å². The van der Waals surface area contributed by atoms with Gasteiger partial charge in [-0.3, -0.25) is 4.79 Å². The van der Waals surface area contributed by atoms with Gasteiger partial charge in [0.25, 0.3) is 0 Å². The first kappa shape index (κ1) is 14.8. The lowest BCUT2D eigenvalue weighted by Gasteiger charge is -2.34. The van der Waals surface area contributed by atoms with Crippen molar-refractivity contribution < 1.29 is 18.7 Å². The highest BCUT2D eigenvalue weighted by Crippen LogP contribution is 2.34. The summed E-state index contributed by atoms with van der Waals surface area (Å²) in [4.78, 5) is 11.4. The summed E-state index contributed by atoms with van der Waals surface area (Å²) >= 11 is 8.90. The fourth-order valence-corrected chi connectivity index (χ4v) is 2.51. The third kappa shape index (κ3) is 3.27. The second-order valence-corrected chi connectivity index (χ2v) is 5.58. The number of halogens is 3. The number of rotatable bonds is 5. The molecule has 1 aliphatic rings. The minimum absolute atomic E-state index is 0.0164. The lowest BCUT2D eigenvalue weighted by atomic mass is 9.90. The smallest absolute Gasteiger partial charge is 0.169 e. The summed E-state index contributed by atoms with van der Waals surface area (Å²) in [5.41, 5.74) is 0.